The van der Waals surface area contributed by atoms with Crippen molar-refractivity contribution in [2.75, 3.05) is 13.1 Å². The Labute approximate surface area is 141 Å². The summed E-state index contributed by atoms with van der Waals surface area (Å²) in [6.45, 7) is 4.09. The summed E-state index contributed by atoms with van der Waals surface area (Å²) >= 11 is 1.55. The third kappa shape index (κ3) is 4.63. The molecule has 0 aliphatic rings. The molecule has 2 rings (SSSR count). The van der Waals surface area contributed by atoms with Crippen LogP contribution in [0.4, 0.5) is 0 Å². The van der Waals surface area contributed by atoms with E-state index in [2.05, 4.69) is 5.32 Å². The van der Waals surface area contributed by atoms with Gasteiger partial charge in [-0.25, -0.2) is 8.42 Å². The fourth-order valence-electron chi connectivity index (χ4n) is 2.04. The van der Waals surface area contributed by atoms with E-state index in [0.717, 1.165) is 10.4 Å². The van der Waals surface area contributed by atoms with Crippen LogP contribution in [-0.2, 0) is 21.4 Å². The molecule has 7 heteroatoms. The predicted octanol–water partition coefficient (Wildman–Crippen LogP) is 2.38. The number of carbonyl (C=O) groups is 1. The van der Waals surface area contributed by atoms with E-state index < -0.39 is 10.0 Å². The highest BCUT2D eigenvalue weighted by Crippen LogP contribution is 2.16. The van der Waals surface area contributed by atoms with E-state index in [-0.39, 0.29) is 23.9 Å². The van der Waals surface area contributed by atoms with Crippen LogP contribution < -0.4 is 5.32 Å². The minimum absolute atomic E-state index is 0.182. The van der Waals surface area contributed by atoms with Crippen LogP contribution in [0.1, 0.15) is 17.4 Å². The number of benzene rings is 1. The van der Waals surface area contributed by atoms with Crippen LogP contribution in [0, 0.1) is 6.92 Å². The summed E-state index contributed by atoms with van der Waals surface area (Å²) in [5, 5.41) is 4.68. The van der Waals surface area contributed by atoms with Crippen LogP contribution in [0.2, 0.25) is 0 Å². The van der Waals surface area contributed by atoms with Gasteiger partial charge in [0.05, 0.1) is 18.0 Å². The third-order valence-electron chi connectivity index (χ3n) is 3.37. The molecule has 0 saturated heterocycles. The Bertz CT molecular complexity index is 738. The van der Waals surface area contributed by atoms with Gasteiger partial charge in [-0.3, -0.25) is 4.79 Å². The Hall–Kier alpha value is -1.70. The quantitative estimate of drug-likeness (QED) is 0.832. The van der Waals surface area contributed by atoms with Crippen molar-refractivity contribution < 1.29 is 13.2 Å². The Morgan fingerprint density at radius 1 is 1.22 bits per heavy atom. The molecule has 23 heavy (non-hydrogen) atoms. The summed E-state index contributed by atoms with van der Waals surface area (Å²) in [6.07, 6.45) is 0. The summed E-state index contributed by atoms with van der Waals surface area (Å²) in [7, 11) is -3.66. The Balaban J connectivity index is 2.03. The zero-order valence-electron chi connectivity index (χ0n) is 13.2. The molecule has 1 N–H and O–H groups in total. The molecular formula is C16H20N2O3S2. The van der Waals surface area contributed by atoms with E-state index in [9.17, 15) is 13.2 Å². The monoisotopic (exact) mass is 352 g/mol. The first-order valence-corrected chi connectivity index (χ1v) is 9.61. The molecule has 0 spiro atoms. The second-order valence-corrected chi connectivity index (χ2v) is 8.07. The number of sulfonamides is 1. The minimum atomic E-state index is -3.66. The van der Waals surface area contributed by atoms with Gasteiger partial charge in [-0.1, -0.05) is 30.7 Å². The third-order valence-corrected chi connectivity index (χ3v) is 6.18. The summed E-state index contributed by atoms with van der Waals surface area (Å²) in [6, 6.07) is 10.5. The number of likely N-dealkylation sites (N-methyl/N-ethyl adjacent to an activating group) is 1. The molecular weight excluding hydrogens is 332 g/mol. The first kappa shape index (κ1) is 17.7. The molecule has 0 atom stereocenters. The fourth-order valence-corrected chi connectivity index (χ4v) is 4.09. The first-order valence-electron chi connectivity index (χ1n) is 7.29. The summed E-state index contributed by atoms with van der Waals surface area (Å²) in [4.78, 5) is 13.3. The lowest BCUT2D eigenvalue weighted by molar-refractivity contribution is -0.121. The van der Waals surface area contributed by atoms with Gasteiger partial charge in [0.2, 0.25) is 15.9 Å². The molecule has 124 valence electrons. The number of carbonyl (C=O) groups excluding carboxylic acids is 1. The van der Waals surface area contributed by atoms with Gasteiger partial charge in [-0.15, -0.1) is 11.3 Å². The molecule has 0 aliphatic carbocycles. The maximum atomic E-state index is 12.6. The number of aryl methyl sites for hydroxylation is 1. The van der Waals surface area contributed by atoms with Gasteiger partial charge in [-0.2, -0.15) is 4.31 Å². The molecule has 2 aromatic rings. The van der Waals surface area contributed by atoms with Crippen LogP contribution in [-0.4, -0.2) is 31.7 Å². The van der Waals surface area contributed by atoms with E-state index in [1.807, 2.05) is 24.4 Å². The van der Waals surface area contributed by atoms with Gasteiger partial charge in [0, 0.05) is 11.4 Å². The van der Waals surface area contributed by atoms with Crippen LogP contribution in [0.3, 0.4) is 0 Å². The van der Waals surface area contributed by atoms with Crippen molar-refractivity contribution in [3.05, 3.63) is 52.2 Å². The highest BCUT2D eigenvalue weighted by molar-refractivity contribution is 7.89. The van der Waals surface area contributed by atoms with Crippen molar-refractivity contribution in [1.82, 2.24) is 9.62 Å². The lowest BCUT2D eigenvalue weighted by Crippen LogP contribution is -2.40. The molecule has 1 amide bonds. The van der Waals surface area contributed by atoms with E-state index in [1.165, 1.54) is 4.31 Å². The molecule has 0 aliphatic heterocycles. The summed E-state index contributed by atoms with van der Waals surface area (Å²) in [5.74, 6) is -0.309. The van der Waals surface area contributed by atoms with Gasteiger partial charge in [0.1, 0.15) is 0 Å². The van der Waals surface area contributed by atoms with Crippen molar-refractivity contribution >= 4 is 27.3 Å². The van der Waals surface area contributed by atoms with Gasteiger partial charge < -0.3 is 5.32 Å². The lowest BCUT2D eigenvalue weighted by Gasteiger charge is -2.20. The average Bonchev–Trinajstić information content (AvgIpc) is 3.04. The van der Waals surface area contributed by atoms with E-state index in [0.29, 0.717) is 6.54 Å². The van der Waals surface area contributed by atoms with Crippen molar-refractivity contribution in [2.45, 2.75) is 25.3 Å². The second kappa shape index (κ2) is 7.72. The molecule has 0 saturated carbocycles. The largest absolute Gasteiger partial charge is 0.350 e. The van der Waals surface area contributed by atoms with Gasteiger partial charge in [0.15, 0.2) is 0 Å². The van der Waals surface area contributed by atoms with E-state index in [4.69, 9.17) is 0 Å². The molecule has 1 aromatic carbocycles. The summed E-state index contributed by atoms with van der Waals surface area (Å²) in [5.41, 5.74) is 0.987. The molecule has 0 bridgehead atoms. The number of amides is 1. The number of nitrogens with zero attached hydrogens (tertiary/aromatic N) is 1. The number of thiophene rings is 1. The predicted molar refractivity (Wildman–Crippen MR) is 91.8 cm³/mol. The standard InChI is InChI=1S/C16H20N2O3S2/c1-3-18(12-16(19)17-11-14-5-4-10-22-14)23(20,21)15-8-6-13(2)7-9-15/h4-10H,3,11-12H2,1-2H3,(H,17,19). The zero-order valence-corrected chi connectivity index (χ0v) is 14.8. The van der Waals surface area contributed by atoms with Crippen molar-refractivity contribution in [3.8, 4) is 0 Å². The number of hydrogen-bond donors (Lipinski definition) is 1. The second-order valence-electron chi connectivity index (χ2n) is 5.10. The van der Waals surface area contributed by atoms with Gasteiger partial charge >= 0.3 is 0 Å². The molecule has 5 nitrogen and oxygen atoms in total. The van der Waals surface area contributed by atoms with Crippen LogP contribution in [0.5, 0.6) is 0 Å². The maximum absolute atomic E-state index is 12.6. The number of hydrogen-bond acceptors (Lipinski definition) is 4. The van der Waals surface area contributed by atoms with Crippen molar-refractivity contribution in [1.29, 1.82) is 0 Å². The van der Waals surface area contributed by atoms with Crippen LogP contribution >= 0.6 is 11.3 Å². The highest BCUT2D eigenvalue weighted by Gasteiger charge is 2.25. The van der Waals surface area contributed by atoms with Crippen LogP contribution in [0.25, 0.3) is 0 Å². The average molecular weight is 352 g/mol. The Morgan fingerprint density at radius 3 is 2.48 bits per heavy atom. The summed E-state index contributed by atoms with van der Waals surface area (Å²) < 4.78 is 26.4. The van der Waals surface area contributed by atoms with E-state index >= 15 is 0 Å². The molecule has 0 radical (unpaired) electrons. The lowest BCUT2D eigenvalue weighted by atomic mass is 10.2. The molecule has 0 unspecified atom stereocenters. The van der Waals surface area contributed by atoms with Gasteiger partial charge in [-0.05, 0) is 30.5 Å². The van der Waals surface area contributed by atoms with E-state index in [1.54, 1.807) is 42.5 Å². The van der Waals surface area contributed by atoms with Gasteiger partial charge in [0.25, 0.3) is 0 Å². The minimum Gasteiger partial charge on any atom is -0.350 e. The number of nitrogens with one attached hydrogen (secondary N) is 1. The number of rotatable bonds is 7. The maximum Gasteiger partial charge on any atom is 0.243 e. The Morgan fingerprint density at radius 2 is 1.91 bits per heavy atom. The first-order chi connectivity index (χ1) is 10.9. The smallest absolute Gasteiger partial charge is 0.243 e. The van der Waals surface area contributed by atoms with Crippen molar-refractivity contribution in [3.63, 3.8) is 0 Å². The molecule has 0 fully saturated rings. The topological polar surface area (TPSA) is 66.5 Å². The Kier molecular flexibility index (Phi) is 5.92. The highest BCUT2D eigenvalue weighted by atomic mass is 32.2. The molecule has 1 heterocycles. The zero-order chi connectivity index (χ0) is 16.9. The van der Waals surface area contributed by atoms with Crippen LogP contribution in [0.15, 0.2) is 46.7 Å². The SMILES string of the molecule is CCN(CC(=O)NCc1cccs1)S(=O)(=O)c1ccc(C)cc1. The molecule has 1 aromatic heterocycles. The fraction of sp³-hybridized carbons (Fsp3) is 0.312. The normalized spacial score (nSPS) is 11.6. The van der Waals surface area contributed by atoms with Crippen molar-refractivity contribution in [2.24, 2.45) is 0 Å².